The Morgan fingerprint density at radius 3 is 2.53 bits per heavy atom. The lowest BCUT2D eigenvalue weighted by Gasteiger charge is -2.23. The molecule has 1 aliphatic rings. The third-order valence-electron chi connectivity index (χ3n) is 3.38. The SMILES string of the molecule is CC1(Cc2ccc(O)cc2)CCC(O)C1. The van der Waals surface area contributed by atoms with Crippen LogP contribution >= 0.6 is 0 Å². The number of aliphatic hydroxyl groups is 1. The minimum Gasteiger partial charge on any atom is -0.508 e. The highest BCUT2D eigenvalue weighted by molar-refractivity contribution is 5.26. The molecule has 15 heavy (non-hydrogen) atoms. The molecule has 2 N–H and O–H groups in total. The van der Waals surface area contributed by atoms with E-state index in [4.69, 9.17) is 0 Å². The van der Waals surface area contributed by atoms with E-state index in [-0.39, 0.29) is 11.5 Å². The normalized spacial score (nSPS) is 30.7. The predicted octanol–water partition coefficient (Wildman–Crippen LogP) is 2.49. The highest BCUT2D eigenvalue weighted by atomic mass is 16.3. The molecule has 1 aliphatic carbocycles. The first kappa shape index (κ1) is 10.5. The van der Waals surface area contributed by atoms with Gasteiger partial charge in [0, 0.05) is 0 Å². The molecule has 0 saturated heterocycles. The zero-order valence-electron chi connectivity index (χ0n) is 9.11. The lowest BCUT2D eigenvalue weighted by Crippen LogP contribution is -2.16. The largest absolute Gasteiger partial charge is 0.508 e. The van der Waals surface area contributed by atoms with Crippen molar-refractivity contribution in [1.29, 1.82) is 0 Å². The average Bonchev–Trinajstić information content (AvgIpc) is 2.50. The van der Waals surface area contributed by atoms with Gasteiger partial charge in [0.1, 0.15) is 5.75 Å². The minimum atomic E-state index is -0.118. The summed E-state index contributed by atoms with van der Waals surface area (Å²) in [6.07, 6.45) is 3.79. The standard InChI is InChI=1S/C13H18O2/c1-13(7-6-12(15)9-13)8-10-2-4-11(14)5-3-10/h2-5,12,14-15H,6-9H2,1H3. The van der Waals surface area contributed by atoms with E-state index in [0.29, 0.717) is 5.75 Å². The van der Waals surface area contributed by atoms with Gasteiger partial charge in [-0.3, -0.25) is 0 Å². The molecule has 1 aromatic rings. The van der Waals surface area contributed by atoms with Crippen LogP contribution < -0.4 is 0 Å². The first-order valence-corrected chi connectivity index (χ1v) is 5.53. The highest BCUT2D eigenvalue weighted by Gasteiger charge is 2.33. The van der Waals surface area contributed by atoms with Crippen molar-refractivity contribution >= 4 is 0 Å². The topological polar surface area (TPSA) is 40.5 Å². The highest BCUT2D eigenvalue weighted by Crippen LogP contribution is 2.40. The van der Waals surface area contributed by atoms with Crippen LogP contribution in [0.3, 0.4) is 0 Å². The van der Waals surface area contributed by atoms with Gasteiger partial charge in [0.05, 0.1) is 6.10 Å². The summed E-state index contributed by atoms with van der Waals surface area (Å²) < 4.78 is 0. The Labute approximate surface area is 90.6 Å². The molecule has 2 nitrogen and oxygen atoms in total. The molecule has 1 aromatic carbocycles. The molecule has 0 spiro atoms. The number of aromatic hydroxyl groups is 1. The Hall–Kier alpha value is -1.02. The quantitative estimate of drug-likeness (QED) is 0.780. The van der Waals surface area contributed by atoms with Gasteiger partial charge in [0.25, 0.3) is 0 Å². The van der Waals surface area contributed by atoms with Gasteiger partial charge in [0.15, 0.2) is 0 Å². The zero-order chi connectivity index (χ0) is 10.9. The number of hydrogen-bond donors (Lipinski definition) is 2. The molecule has 0 heterocycles. The van der Waals surface area contributed by atoms with Crippen molar-refractivity contribution in [1.82, 2.24) is 0 Å². The maximum atomic E-state index is 9.55. The van der Waals surface area contributed by atoms with Crippen LogP contribution in [0.2, 0.25) is 0 Å². The second kappa shape index (κ2) is 3.86. The second-order valence-corrected chi connectivity index (χ2v) is 5.05. The van der Waals surface area contributed by atoms with Crippen molar-refractivity contribution in [2.45, 2.75) is 38.7 Å². The molecule has 0 bridgehead atoms. The van der Waals surface area contributed by atoms with Crippen LogP contribution in [0.15, 0.2) is 24.3 Å². The van der Waals surface area contributed by atoms with Gasteiger partial charge < -0.3 is 10.2 Å². The Morgan fingerprint density at radius 2 is 2.00 bits per heavy atom. The Morgan fingerprint density at radius 1 is 1.33 bits per heavy atom. The summed E-state index contributed by atoms with van der Waals surface area (Å²) in [6.45, 7) is 2.23. The molecule has 2 heteroatoms. The maximum absolute atomic E-state index is 9.55. The van der Waals surface area contributed by atoms with E-state index < -0.39 is 0 Å². The monoisotopic (exact) mass is 206 g/mol. The molecule has 2 atom stereocenters. The fourth-order valence-corrected chi connectivity index (χ4v) is 2.56. The fraction of sp³-hybridized carbons (Fsp3) is 0.538. The number of benzene rings is 1. The van der Waals surface area contributed by atoms with E-state index in [0.717, 1.165) is 25.7 Å². The molecule has 0 radical (unpaired) electrons. The molecule has 0 aromatic heterocycles. The van der Waals surface area contributed by atoms with Gasteiger partial charge in [-0.1, -0.05) is 19.1 Å². The molecule has 0 aliphatic heterocycles. The van der Waals surface area contributed by atoms with Crippen LogP contribution in [0.25, 0.3) is 0 Å². The Bertz CT molecular complexity index is 331. The van der Waals surface area contributed by atoms with Crippen LogP contribution in [-0.4, -0.2) is 16.3 Å². The molecule has 2 unspecified atom stereocenters. The fourth-order valence-electron chi connectivity index (χ4n) is 2.56. The van der Waals surface area contributed by atoms with Gasteiger partial charge in [-0.05, 0) is 48.8 Å². The lowest BCUT2D eigenvalue weighted by molar-refractivity contribution is 0.163. The lowest BCUT2D eigenvalue weighted by atomic mass is 9.82. The summed E-state index contributed by atoms with van der Waals surface area (Å²) in [5, 5.41) is 18.7. The number of rotatable bonds is 2. The first-order chi connectivity index (χ1) is 7.07. The number of phenolic OH excluding ortho intramolecular Hbond substituents is 1. The van der Waals surface area contributed by atoms with Gasteiger partial charge in [-0.15, -0.1) is 0 Å². The van der Waals surface area contributed by atoms with Crippen molar-refractivity contribution in [3.63, 3.8) is 0 Å². The molecule has 82 valence electrons. The summed E-state index contributed by atoms with van der Waals surface area (Å²) in [7, 11) is 0. The number of aliphatic hydroxyl groups excluding tert-OH is 1. The summed E-state index contributed by atoms with van der Waals surface area (Å²) in [6, 6.07) is 7.38. The summed E-state index contributed by atoms with van der Waals surface area (Å²) >= 11 is 0. The maximum Gasteiger partial charge on any atom is 0.115 e. The van der Waals surface area contributed by atoms with Crippen LogP contribution in [0.5, 0.6) is 5.75 Å². The Kier molecular flexibility index (Phi) is 2.70. The van der Waals surface area contributed by atoms with E-state index in [1.807, 2.05) is 12.1 Å². The van der Waals surface area contributed by atoms with Crippen molar-refractivity contribution in [3.8, 4) is 5.75 Å². The van der Waals surface area contributed by atoms with E-state index in [9.17, 15) is 10.2 Å². The third kappa shape index (κ3) is 2.51. The van der Waals surface area contributed by atoms with Gasteiger partial charge in [-0.25, -0.2) is 0 Å². The smallest absolute Gasteiger partial charge is 0.115 e. The van der Waals surface area contributed by atoms with Gasteiger partial charge in [0.2, 0.25) is 0 Å². The third-order valence-corrected chi connectivity index (χ3v) is 3.38. The van der Waals surface area contributed by atoms with Crippen molar-refractivity contribution in [2.24, 2.45) is 5.41 Å². The van der Waals surface area contributed by atoms with Crippen LogP contribution in [-0.2, 0) is 6.42 Å². The molecular weight excluding hydrogens is 188 g/mol. The van der Waals surface area contributed by atoms with Gasteiger partial charge in [-0.2, -0.15) is 0 Å². The van der Waals surface area contributed by atoms with E-state index in [2.05, 4.69) is 6.92 Å². The zero-order valence-corrected chi connectivity index (χ0v) is 9.11. The Balaban J connectivity index is 2.05. The molecular formula is C13H18O2. The first-order valence-electron chi connectivity index (χ1n) is 5.53. The number of hydrogen-bond acceptors (Lipinski definition) is 2. The van der Waals surface area contributed by atoms with Crippen molar-refractivity contribution < 1.29 is 10.2 Å². The summed E-state index contributed by atoms with van der Waals surface area (Å²) in [5.74, 6) is 0.315. The summed E-state index contributed by atoms with van der Waals surface area (Å²) in [4.78, 5) is 0. The van der Waals surface area contributed by atoms with E-state index in [1.165, 1.54) is 5.56 Å². The molecule has 1 saturated carbocycles. The van der Waals surface area contributed by atoms with Crippen LogP contribution in [0, 0.1) is 5.41 Å². The molecule has 0 amide bonds. The van der Waals surface area contributed by atoms with E-state index in [1.54, 1.807) is 12.1 Å². The number of phenols is 1. The predicted molar refractivity (Wildman–Crippen MR) is 59.8 cm³/mol. The van der Waals surface area contributed by atoms with Crippen molar-refractivity contribution in [2.75, 3.05) is 0 Å². The van der Waals surface area contributed by atoms with Crippen molar-refractivity contribution in [3.05, 3.63) is 29.8 Å². The second-order valence-electron chi connectivity index (χ2n) is 5.05. The van der Waals surface area contributed by atoms with Crippen LogP contribution in [0.4, 0.5) is 0 Å². The average molecular weight is 206 g/mol. The molecule has 1 fully saturated rings. The molecule has 2 rings (SSSR count). The van der Waals surface area contributed by atoms with E-state index >= 15 is 0 Å². The van der Waals surface area contributed by atoms with Crippen LogP contribution in [0.1, 0.15) is 31.7 Å². The minimum absolute atomic E-state index is 0.118. The summed E-state index contributed by atoms with van der Waals surface area (Å²) in [5.41, 5.74) is 1.47. The van der Waals surface area contributed by atoms with Gasteiger partial charge >= 0.3 is 0 Å².